The summed E-state index contributed by atoms with van der Waals surface area (Å²) in [4.78, 5) is 17.3. The van der Waals surface area contributed by atoms with E-state index >= 15 is 0 Å². The van der Waals surface area contributed by atoms with E-state index in [1.54, 1.807) is 18.2 Å². The summed E-state index contributed by atoms with van der Waals surface area (Å²) in [7, 11) is -2.26. The van der Waals surface area contributed by atoms with Crippen molar-refractivity contribution in [2.24, 2.45) is 0 Å². The molecule has 0 bridgehead atoms. The number of ether oxygens (including phenoxy) is 2. The van der Waals surface area contributed by atoms with Gasteiger partial charge in [0.15, 0.2) is 0 Å². The van der Waals surface area contributed by atoms with Gasteiger partial charge in [0.2, 0.25) is 15.9 Å². The Kier molecular flexibility index (Phi) is 6.43. The molecule has 9 heteroatoms. The monoisotopic (exact) mass is 435 g/mol. The van der Waals surface area contributed by atoms with Crippen molar-refractivity contribution in [2.45, 2.75) is 23.8 Å². The minimum absolute atomic E-state index is 0.0320. The second-order valence-corrected chi connectivity index (χ2v) is 9.79. The number of hydrogen-bond donors (Lipinski definition) is 0. The highest BCUT2D eigenvalue weighted by atomic mass is 32.2. The Bertz CT molecular complexity index is 903. The molecule has 1 aromatic rings. The lowest BCUT2D eigenvalue weighted by atomic mass is 10.1. The lowest BCUT2D eigenvalue weighted by Crippen LogP contribution is -2.40. The standard InChI is InChI=1S/C21H29N3O5S/c1-28-19-5-4-17(14-20(19)30(26,27)24-10-12-29-13-11-24)15-21(25)23-9-6-18(16-23)22-7-2-3-8-22/h2-5,14,18H,6-13,15-16H2,1H3. The maximum absolute atomic E-state index is 13.1. The van der Waals surface area contributed by atoms with Crippen LogP contribution in [0.4, 0.5) is 0 Å². The molecule has 30 heavy (non-hydrogen) atoms. The zero-order valence-electron chi connectivity index (χ0n) is 17.3. The van der Waals surface area contributed by atoms with E-state index < -0.39 is 10.0 Å². The van der Waals surface area contributed by atoms with E-state index in [0.29, 0.717) is 43.7 Å². The molecule has 1 amide bonds. The van der Waals surface area contributed by atoms with Crippen LogP contribution < -0.4 is 4.74 Å². The fourth-order valence-corrected chi connectivity index (χ4v) is 5.92. The molecular formula is C21H29N3O5S. The maximum atomic E-state index is 13.1. The predicted molar refractivity (Wildman–Crippen MR) is 112 cm³/mol. The Hall–Kier alpha value is -1.94. The van der Waals surface area contributed by atoms with Gasteiger partial charge in [-0.3, -0.25) is 9.69 Å². The van der Waals surface area contributed by atoms with Crippen LogP contribution in [0.5, 0.6) is 5.75 Å². The SMILES string of the molecule is COc1ccc(CC(=O)N2CCC(N3CC=CC3)C2)cc1S(=O)(=O)N1CCOCC1. The van der Waals surface area contributed by atoms with E-state index in [2.05, 4.69) is 17.1 Å². The summed E-state index contributed by atoms with van der Waals surface area (Å²) in [5.74, 6) is 0.324. The smallest absolute Gasteiger partial charge is 0.246 e. The topological polar surface area (TPSA) is 79.4 Å². The van der Waals surface area contributed by atoms with Gasteiger partial charge in [-0.1, -0.05) is 18.2 Å². The molecule has 0 radical (unpaired) electrons. The van der Waals surface area contributed by atoms with Crippen molar-refractivity contribution < 1.29 is 22.7 Å². The average Bonchev–Trinajstić information content (AvgIpc) is 3.46. The largest absolute Gasteiger partial charge is 0.495 e. The van der Waals surface area contributed by atoms with Gasteiger partial charge in [-0.2, -0.15) is 4.31 Å². The van der Waals surface area contributed by atoms with Gasteiger partial charge in [0.1, 0.15) is 10.6 Å². The van der Waals surface area contributed by atoms with Gasteiger partial charge in [0.25, 0.3) is 0 Å². The molecule has 3 aliphatic rings. The maximum Gasteiger partial charge on any atom is 0.246 e. The first-order valence-corrected chi connectivity index (χ1v) is 11.8. The second kappa shape index (κ2) is 9.05. The van der Waals surface area contributed by atoms with Crippen molar-refractivity contribution in [2.75, 3.05) is 59.6 Å². The highest BCUT2D eigenvalue weighted by Gasteiger charge is 2.32. The number of methoxy groups -OCH3 is 1. The van der Waals surface area contributed by atoms with Crippen LogP contribution in [0, 0.1) is 0 Å². The fourth-order valence-electron chi connectivity index (χ4n) is 4.30. The number of amides is 1. The molecule has 1 aromatic carbocycles. The summed E-state index contributed by atoms with van der Waals surface area (Å²) in [5, 5.41) is 0. The van der Waals surface area contributed by atoms with Crippen LogP contribution in [-0.2, 0) is 26.0 Å². The van der Waals surface area contributed by atoms with Crippen LogP contribution in [-0.4, -0.2) is 94.1 Å². The molecule has 1 unspecified atom stereocenters. The van der Waals surface area contributed by atoms with Crippen molar-refractivity contribution in [3.8, 4) is 5.75 Å². The molecule has 164 valence electrons. The third kappa shape index (κ3) is 4.39. The molecule has 0 N–H and O–H groups in total. The molecule has 2 fully saturated rings. The van der Waals surface area contributed by atoms with E-state index in [0.717, 1.165) is 32.6 Å². The first-order chi connectivity index (χ1) is 14.5. The first-order valence-electron chi connectivity index (χ1n) is 10.4. The van der Waals surface area contributed by atoms with Crippen molar-refractivity contribution in [1.82, 2.24) is 14.1 Å². The number of morpholine rings is 1. The molecule has 8 nitrogen and oxygen atoms in total. The normalized spacial score (nSPS) is 23.2. The molecule has 0 spiro atoms. The number of likely N-dealkylation sites (tertiary alicyclic amines) is 1. The number of rotatable bonds is 6. The number of carbonyl (C=O) groups excluding carboxylic acids is 1. The van der Waals surface area contributed by atoms with Crippen LogP contribution in [0.3, 0.4) is 0 Å². The lowest BCUT2D eigenvalue weighted by Gasteiger charge is -2.27. The van der Waals surface area contributed by atoms with Gasteiger partial charge < -0.3 is 14.4 Å². The summed E-state index contributed by atoms with van der Waals surface area (Å²) in [6.45, 7) is 4.77. The van der Waals surface area contributed by atoms with Crippen LogP contribution in [0.15, 0.2) is 35.2 Å². The van der Waals surface area contributed by atoms with Crippen molar-refractivity contribution in [1.29, 1.82) is 0 Å². The van der Waals surface area contributed by atoms with Crippen LogP contribution in [0.1, 0.15) is 12.0 Å². The summed E-state index contributed by atoms with van der Waals surface area (Å²) < 4.78 is 38.3. The number of benzene rings is 1. The van der Waals surface area contributed by atoms with Gasteiger partial charge >= 0.3 is 0 Å². The third-order valence-corrected chi connectivity index (χ3v) is 7.97. The van der Waals surface area contributed by atoms with E-state index in [9.17, 15) is 13.2 Å². The molecule has 1 atom stereocenters. The predicted octanol–water partition coefficient (Wildman–Crippen LogP) is 0.731. The van der Waals surface area contributed by atoms with Gasteiger partial charge in [0, 0.05) is 45.3 Å². The zero-order chi connectivity index (χ0) is 21.1. The van der Waals surface area contributed by atoms with Crippen molar-refractivity contribution in [3.05, 3.63) is 35.9 Å². The summed E-state index contributed by atoms with van der Waals surface area (Å²) in [6, 6.07) is 5.39. The molecule has 3 aliphatic heterocycles. The molecule has 0 saturated carbocycles. The van der Waals surface area contributed by atoms with E-state index in [1.807, 2.05) is 4.90 Å². The third-order valence-electron chi connectivity index (χ3n) is 6.05. The van der Waals surface area contributed by atoms with E-state index in [1.165, 1.54) is 11.4 Å². The van der Waals surface area contributed by atoms with Gasteiger partial charge in [-0.25, -0.2) is 8.42 Å². The Morgan fingerprint density at radius 1 is 1.17 bits per heavy atom. The molecule has 3 heterocycles. The molecule has 4 rings (SSSR count). The highest BCUT2D eigenvalue weighted by molar-refractivity contribution is 7.89. The minimum atomic E-state index is -3.71. The summed E-state index contributed by atoms with van der Waals surface area (Å²) in [6.07, 6.45) is 5.49. The summed E-state index contributed by atoms with van der Waals surface area (Å²) in [5.41, 5.74) is 0.680. The average molecular weight is 436 g/mol. The lowest BCUT2D eigenvalue weighted by molar-refractivity contribution is -0.129. The van der Waals surface area contributed by atoms with Crippen molar-refractivity contribution >= 4 is 15.9 Å². The number of sulfonamides is 1. The van der Waals surface area contributed by atoms with E-state index in [4.69, 9.17) is 9.47 Å². The Morgan fingerprint density at radius 3 is 2.60 bits per heavy atom. The number of nitrogens with zero attached hydrogens (tertiary/aromatic N) is 3. The van der Waals surface area contributed by atoms with Gasteiger partial charge in [0.05, 0.1) is 26.7 Å². The number of carbonyl (C=O) groups is 1. The van der Waals surface area contributed by atoms with Gasteiger partial charge in [-0.05, 0) is 24.1 Å². The first kappa shape index (κ1) is 21.3. The minimum Gasteiger partial charge on any atom is -0.495 e. The highest BCUT2D eigenvalue weighted by Crippen LogP contribution is 2.29. The Labute approximate surface area is 178 Å². The van der Waals surface area contributed by atoms with Crippen molar-refractivity contribution in [3.63, 3.8) is 0 Å². The summed E-state index contributed by atoms with van der Waals surface area (Å²) >= 11 is 0. The fraction of sp³-hybridized carbons (Fsp3) is 0.571. The molecule has 2 saturated heterocycles. The molecule has 0 aliphatic carbocycles. The number of hydrogen-bond acceptors (Lipinski definition) is 6. The van der Waals surface area contributed by atoms with Gasteiger partial charge in [-0.15, -0.1) is 0 Å². The van der Waals surface area contributed by atoms with Crippen LogP contribution >= 0.6 is 0 Å². The van der Waals surface area contributed by atoms with Crippen LogP contribution in [0.2, 0.25) is 0 Å². The molecular weight excluding hydrogens is 406 g/mol. The van der Waals surface area contributed by atoms with Crippen LogP contribution in [0.25, 0.3) is 0 Å². The quantitative estimate of drug-likeness (QED) is 0.613. The molecule has 0 aromatic heterocycles. The Balaban J connectivity index is 1.47. The second-order valence-electron chi connectivity index (χ2n) is 7.89. The van der Waals surface area contributed by atoms with E-state index in [-0.39, 0.29) is 17.2 Å². The zero-order valence-corrected chi connectivity index (χ0v) is 18.1. The Morgan fingerprint density at radius 2 is 1.90 bits per heavy atom.